The van der Waals surface area contributed by atoms with Crippen LogP contribution in [0, 0.1) is 6.92 Å². The minimum absolute atomic E-state index is 0.164. The SMILES string of the molecule is Cc1ccc(NC(=O)N2CCCC3(C2)OC(=O)c2ccccc23)cc1. The van der Waals surface area contributed by atoms with Crippen LogP contribution in [0.2, 0.25) is 0 Å². The van der Waals surface area contributed by atoms with Crippen molar-refractivity contribution in [3.63, 3.8) is 0 Å². The van der Waals surface area contributed by atoms with Crippen molar-refractivity contribution in [1.82, 2.24) is 4.90 Å². The Morgan fingerprint density at radius 1 is 1.16 bits per heavy atom. The second-order valence-corrected chi connectivity index (χ2v) is 6.75. The first-order valence-electron chi connectivity index (χ1n) is 8.53. The van der Waals surface area contributed by atoms with E-state index < -0.39 is 5.60 Å². The van der Waals surface area contributed by atoms with E-state index in [-0.39, 0.29) is 12.0 Å². The topological polar surface area (TPSA) is 58.6 Å². The molecular weight excluding hydrogens is 316 g/mol. The smallest absolute Gasteiger partial charge is 0.339 e. The van der Waals surface area contributed by atoms with Gasteiger partial charge in [-0.3, -0.25) is 0 Å². The number of fused-ring (bicyclic) bond motifs is 2. The summed E-state index contributed by atoms with van der Waals surface area (Å²) < 4.78 is 5.75. The first-order chi connectivity index (χ1) is 12.1. The molecule has 5 nitrogen and oxygen atoms in total. The maximum Gasteiger partial charge on any atom is 0.339 e. The van der Waals surface area contributed by atoms with E-state index >= 15 is 0 Å². The highest BCUT2D eigenvalue weighted by molar-refractivity contribution is 5.95. The van der Waals surface area contributed by atoms with E-state index in [0.717, 1.165) is 29.7 Å². The number of hydrogen-bond donors (Lipinski definition) is 1. The Morgan fingerprint density at radius 2 is 1.92 bits per heavy atom. The standard InChI is InChI=1S/C20H20N2O3/c1-14-7-9-15(10-8-14)21-19(24)22-12-4-11-20(13-22)17-6-3-2-5-16(17)18(23)25-20/h2-3,5-10H,4,11-13H2,1H3,(H,21,24). The molecule has 1 N–H and O–H groups in total. The molecule has 0 aromatic heterocycles. The van der Waals surface area contributed by atoms with E-state index in [1.165, 1.54) is 0 Å². The molecule has 4 rings (SSSR count). The molecule has 0 saturated carbocycles. The maximum absolute atomic E-state index is 12.7. The molecule has 1 atom stereocenters. The summed E-state index contributed by atoms with van der Waals surface area (Å²) in [5, 5.41) is 2.93. The minimum Gasteiger partial charge on any atom is -0.449 e. The molecule has 1 spiro atoms. The quantitative estimate of drug-likeness (QED) is 0.808. The van der Waals surface area contributed by atoms with Crippen molar-refractivity contribution < 1.29 is 14.3 Å². The van der Waals surface area contributed by atoms with E-state index in [2.05, 4.69) is 5.32 Å². The molecular formula is C20H20N2O3. The lowest BCUT2D eigenvalue weighted by molar-refractivity contribution is -0.0400. The van der Waals surface area contributed by atoms with Gasteiger partial charge in [-0.25, -0.2) is 9.59 Å². The van der Waals surface area contributed by atoms with Crippen LogP contribution in [-0.4, -0.2) is 30.0 Å². The lowest BCUT2D eigenvalue weighted by atomic mass is 9.85. The van der Waals surface area contributed by atoms with Crippen molar-refractivity contribution in [2.75, 3.05) is 18.4 Å². The van der Waals surface area contributed by atoms with Gasteiger partial charge in [0.15, 0.2) is 5.60 Å². The summed E-state index contributed by atoms with van der Waals surface area (Å²) in [5.41, 5.74) is 2.70. The van der Waals surface area contributed by atoms with Crippen LogP contribution in [0.5, 0.6) is 0 Å². The van der Waals surface area contributed by atoms with Gasteiger partial charge in [0.25, 0.3) is 0 Å². The molecule has 0 bridgehead atoms. The molecule has 2 aliphatic heterocycles. The fourth-order valence-electron chi connectivity index (χ4n) is 3.68. The molecule has 2 heterocycles. The first-order valence-corrected chi connectivity index (χ1v) is 8.53. The molecule has 2 aliphatic rings. The fraction of sp³-hybridized carbons (Fsp3) is 0.300. The molecule has 128 valence electrons. The van der Waals surface area contributed by atoms with Crippen LogP contribution in [0.15, 0.2) is 48.5 Å². The second-order valence-electron chi connectivity index (χ2n) is 6.75. The molecule has 25 heavy (non-hydrogen) atoms. The predicted octanol–water partition coefficient (Wildman–Crippen LogP) is 3.69. The molecule has 1 saturated heterocycles. The Labute approximate surface area is 146 Å². The number of nitrogens with one attached hydrogen (secondary N) is 1. The van der Waals surface area contributed by atoms with E-state index in [4.69, 9.17) is 4.74 Å². The van der Waals surface area contributed by atoms with Gasteiger partial charge in [-0.05, 0) is 38.0 Å². The van der Waals surface area contributed by atoms with E-state index in [0.29, 0.717) is 18.7 Å². The van der Waals surface area contributed by atoms with Gasteiger partial charge in [-0.15, -0.1) is 0 Å². The zero-order valence-electron chi connectivity index (χ0n) is 14.1. The van der Waals surface area contributed by atoms with Crippen molar-refractivity contribution in [2.45, 2.75) is 25.4 Å². The minimum atomic E-state index is -0.712. The van der Waals surface area contributed by atoms with Gasteiger partial charge in [0.05, 0.1) is 12.1 Å². The number of anilines is 1. The van der Waals surface area contributed by atoms with Crippen molar-refractivity contribution in [2.24, 2.45) is 0 Å². The zero-order valence-corrected chi connectivity index (χ0v) is 14.1. The Hall–Kier alpha value is -2.82. The summed E-state index contributed by atoms with van der Waals surface area (Å²) in [5.74, 6) is -0.295. The summed E-state index contributed by atoms with van der Waals surface area (Å²) >= 11 is 0. The number of carbonyl (C=O) groups is 2. The van der Waals surface area contributed by atoms with Crippen LogP contribution < -0.4 is 5.32 Å². The van der Waals surface area contributed by atoms with Crippen molar-refractivity contribution in [1.29, 1.82) is 0 Å². The Balaban J connectivity index is 1.54. The highest BCUT2D eigenvalue weighted by Gasteiger charge is 2.48. The zero-order chi connectivity index (χ0) is 17.4. The number of nitrogens with zero attached hydrogens (tertiary/aromatic N) is 1. The summed E-state index contributed by atoms with van der Waals surface area (Å²) in [7, 11) is 0. The lowest BCUT2D eigenvalue weighted by Gasteiger charge is -2.39. The van der Waals surface area contributed by atoms with E-state index in [1.807, 2.05) is 49.4 Å². The summed E-state index contributed by atoms with van der Waals surface area (Å²) in [6, 6.07) is 15.0. The highest BCUT2D eigenvalue weighted by atomic mass is 16.6. The molecule has 2 aromatic carbocycles. The number of hydrogen-bond acceptors (Lipinski definition) is 3. The summed E-state index contributed by atoms with van der Waals surface area (Å²) in [6.07, 6.45) is 1.53. The normalized spacial score (nSPS) is 21.8. The molecule has 0 radical (unpaired) electrons. The van der Waals surface area contributed by atoms with Crippen LogP contribution in [0.25, 0.3) is 0 Å². The fourth-order valence-corrected chi connectivity index (χ4v) is 3.68. The molecule has 1 fully saturated rings. The first kappa shape index (κ1) is 15.7. The van der Waals surface area contributed by atoms with Crippen molar-refractivity contribution in [3.8, 4) is 0 Å². The van der Waals surface area contributed by atoms with Gasteiger partial charge in [0.2, 0.25) is 0 Å². The summed E-state index contributed by atoms with van der Waals surface area (Å²) in [4.78, 5) is 26.6. The van der Waals surface area contributed by atoms with E-state index in [9.17, 15) is 9.59 Å². The third-order valence-electron chi connectivity index (χ3n) is 4.97. The van der Waals surface area contributed by atoms with Crippen LogP contribution in [-0.2, 0) is 10.3 Å². The van der Waals surface area contributed by atoms with Crippen LogP contribution >= 0.6 is 0 Å². The average Bonchev–Trinajstić information content (AvgIpc) is 2.89. The highest BCUT2D eigenvalue weighted by Crippen LogP contribution is 2.42. The number of esters is 1. The Kier molecular flexibility index (Phi) is 3.71. The van der Waals surface area contributed by atoms with Gasteiger partial charge < -0.3 is 15.0 Å². The van der Waals surface area contributed by atoms with Gasteiger partial charge in [-0.2, -0.15) is 0 Å². The van der Waals surface area contributed by atoms with Gasteiger partial charge >= 0.3 is 12.0 Å². The number of carbonyl (C=O) groups excluding carboxylic acids is 2. The summed E-state index contributed by atoms with van der Waals surface area (Å²) in [6.45, 7) is 3.04. The number of piperidine rings is 1. The van der Waals surface area contributed by atoms with Gasteiger partial charge in [0.1, 0.15) is 0 Å². The number of ether oxygens (including phenoxy) is 1. The molecule has 2 amide bonds. The average molecular weight is 336 g/mol. The number of likely N-dealkylation sites (tertiary alicyclic amines) is 1. The van der Waals surface area contributed by atoms with Crippen LogP contribution in [0.1, 0.15) is 34.3 Å². The third-order valence-corrected chi connectivity index (χ3v) is 4.97. The molecule has 0 aliphatic carbocycles. The lowest BCUT2D eigenvalue weighted by Crippen LogP contribution is -2.50. The number of aryl methyl sites for hydroxylation is 1. The largest absolute Gasteiger partial charge is 0.449 e. The van der Waals surface area contributed by atoms with Crippen LogP contribution in [0.4, 0.5) is 10.5 Å². The predicted molar refractivity (Wildman–Crippen MR) is 94.5 cm³/mol. The Bertz CT molecular complexity index is 831. The molecule has 2 aromatic rings. The number of urea groups is 1. The number of benzene rings is 2. The van der Waals surface area contributed by atoms with Gasteiger partial charge in [-0.1, -0.05) is 35.9 Å². The van der Waals surface area contributed by atoms with Crippen LogP contribution in [0.3, 0.4) is 0 Å². The van der Waals surface area contributed by atoms with Crippen molar-refractivity contribution in [3.05, 3.63) is 65.2 Å². The molecule has 5 heteroatoms. The second kappa shape index (κ2) is 5.92. The van der Waals surface area contributed by atoms with Gasteiger partial charge in [0, 0.05) is 17.8 Å². The number of amides is 2. The monoisotopic (exact) mass is 336 g/mol. The Morgan fingerprint density at radius 3 is 2.72 bits per heavy atom. The van der Waals surface area contributed by atoms with E-state index in [1.54, 1.807) is 11.0 Å². The molecule has 1 unspecified atom stereocenters. The number of rotatable bonds is 1. The maximum atomic E-state index is 12.7. The third kappa shape index (κ3) is 2.76. The van der Waals surface area contributed by atoms with Crippen molar-refractivity contribution >= 4 is 17.7 Å².